The van der Waals surface area contributed by atoms with Crippen LogP contribution in [0.5, 0.6) is 0 Å². The third kappa shape index (κ3) is 4.79. The highest BCUT2D eigenvalue weighted by molar-refractivity contribution is 7.99. The molecule has 3 heteroatoms. The maximum absolute atomic E-state index is 12.9. The molecule has 0 aliphatic carbocycles. The molecule has 0 spiro atoms. The lowest BCUT2D eigenvalue weighted by atomic mass is 10.1. The smallest absolute Gasteiger partial charge is 0.172 e. The van der Waals surface area contributed by atoms with Crippen LogP contribution in [-0.2, 0) is 0 Å². The van der Waals surface area contributed by atoms with E-state index in [9.17, 15) is 9.18 Å². The summed E-state index contributed by atoms with van der Waals surface area (Å²) >= 11 is 1.62. The first kappa shape index (κ1) is 13.2. The number of ketones is 1. The van der Waals surface area contributed by atoms with E-state index < -0.39 is 0 Å². The van der Waals surface area contributed by atoms with Crippen LogP contribution < -0.4 is 0 Å². The summed E-state index contributed by atoms with van der Waals surface area (Å²) in [6, 6.07) is 5.88. The summed E-state index contributed by atoms with van der Waals surface area (Å²) in [7, 11) is 0. The van der Waals surface area contributed by atoms with Crippen LogP contribution in [0.3, 0.4) is 0 Å². The van der Waals surface area contributed by atoms with Gasteiger partial charge in [0.2, 0.25) is 0 Å². The minimum Gasteiger partial charge on any atom is -0.293 e. The SMILES string of the molecule is CC(C)CCSCC(=O)c1cccc(F)c1. The van der Waals surface area contributed by atoms with E-state index in [1.54, 1.807) is 23.9 Å². The Labute approximate surface area is 100 Å². The number of hydrogen-bond donors (Lipinski definition) is 0. The summed E-state index contributed by atoms with van der Waals surface area (Å²) in [5, 5.41) is 0. The van der Waals surface area contributed by atoms with Gasteiger partial charge in [-0.15, -0.1) is 0 Å². The zero-order chi connectivity index (χ0) is 12.0. The van der Waals surface area contributed by atoms with Crippen LogP contribution in [0.15, 0.2) is 24.3 Å². The third-order valence-corrected chi connectivity index (χ3v) is 3.21. The minimum absolute atomic E-state index is 0.00764. The van der Waals surface area contributed by atoms with Crippen molar-refractivity contribution < 1.29 is 9.18 Å². The molecule has 1 aromatic rings. The van der Waals surface area contributed by atoms with Crippen molar-refractivity contribution in [2.45, 2.75) is 20.3 Å². The van der Waals surface area contributed by atoms with Crippen LogP contribution in [0.25, 0.3) is 0 Å². The van der Waals surface area contributed by atoms with E-state index in [4.69, 9.17) is 0 Å². The Morgan fingerprint density at radius 2 is 2.19 bits per heavy atom. The molecule has 0 saturated heterocycles. The van der Waals surface area contributed by atoms with Crippen molar-refractivity contribution in [3.05, 3.63) is 35.6 Å². The van der Waals surface area contributed by atoms with Crippen molar-refractivity contribution in [2.24, 2.45) is 5.92 Å². The summed E-state index contributed by atoms with van der Waals surface area (Å²) < 4.78 is 12.9. The van der Waals surface area contributed by atoms with E-state index in [0.717, 1.165) is 12.2 Å². The van der Waals surface area contributed by atoms with Crippen LogP contribution in [0.2, 0.25) is 0 Å². The molecule has 0 saturated carbocycles. The Kier molecular flexibility index (Phi) is 5.53. The van der Waals surface area contributed by atoms with Gasteiger partial charge in [0, 0.05) is 5.56 Å². The zero-order valence-electron chi connectivity index (χ0n) is 9.70. The van der Waals surface area contributed by atoms with Gasteiger partial charge in [0.15, 0.2) is 5.78 Å². The Balaban J connectivity index is 2.35. The monoisotopic (exact) mass is 240 g/mol. The standard InChI is InChI=1S/C13H17FOS/c1-10(2)6-7-16-9-13(15)11-4-3-5-12(14)8-11/h3-5,8,10H,6-7,9H2,1-2H3. The van der Waals surface area contributed by atoms with Gasteiger partial charge < -0.3 is 0 Å². The third-order valence-electron chi connectivity index (χ3n) is 2.22. The van der Waals surface area contributed by atoms with Crippen molar-refractivity contribution in [3.8, 4) is 0 Å². The molecule has 1 aromatic carbocycles. The molecule has 0 N–H and O–H groups in total. The predicted molar refractivity (Wildman–Crippen MR) is 67.5 cm³/mol. The van der Waals surface area contributed by atoms with Crippen LogP contribution in [0.4, 0.5) is 4.39 Å². The van der Waals surface area contributed by atoms with Crippen LogP contribution in [-0.4, -0.2) is 17.3 Å². The summed E-state index contributed by atoms with van der Waals surface area (Å²) in [5.74, 6) is 1.75. The summed E-state index contributed by atoms with van der Waals surface area (Å²) in [5.41, 5.74) is 0.469. The molecule has 0 bridgehead atoms. The molecule has 0 heterocycles. The first-order valence-electron chi connectivity index (χ1n) is 5.46. The predicted octanol–water partition coefficient (Wildman–Crippen LogP) is 3.79. The van der Waals surface area contributed by atoms with E-state index in [1.165, 1.54) is 12.1 Å². The first-order valence-corrected chi connectivity index (χ1v) is 6.61. The van der Waals surface area contributed by atoms with Gasteiger partial charge >= 0.3 is 0 Å². The topological polar surface area (TPSA) is 17.1 Å². The summed E-state index contributed by atoms with van der Waals surface area (Å²) in [6.45, 7) is 4.32. The fraction of sp³-hybridized carbons (Fsp3) is 0.462. The van der Waals surface area contributed by atoms with E-state index in [0.29, 0.717) is 17.2 Å². The summed E-state index contributed by atoms with van der Waals surface area (Å²) in [6.07, 6.45) is 1.11. The van der Waals surface area contributed by atoms with Crippen molar-refractivity contribution in [3.63, 3.8) is 0 Å². The molecule has 0 radical (unpaired) electrons. The molecular weight excluding hydrogens is 223 g/mol. The van der Waals surface area contributed by atoms with Crippen molar-refractivity contribution in [2.75, 3.05) is 11.5 Å². The van der Waals surface area contributed by atoms with Crippen LogP contribution in [0, 0.1) is 11.7 Å². The Bertz CT molecular complexity index is 350. The lowest BCUT2D eigenvalue weighted by molar-refractivity contribution is 0.102. The van der Waals surface area contributed by atoms with Gasteiger partial charge in [0.05, 0.1) is 5.75 Å². The Morgan fingerprint density at radius 1 is 1.44 bits per heavy atom. The van der Waals surface area contributed by atoms with E-state index in [-0.39, 0.29) is 11.6 Å². The average Bonchev–Trinajstić information content (AvgIpc) is 2.24. The number of halogens is 1. The Morgan fingerprint density at radius 3 is 2.81 bits per heavy atom. The summed E-state index contributed by atoms with van der Waals surface area (Å²) in [4.78, 5) is 11.7. The maximum atomic E-state index is 12.9. The average molecular weight is 240 g/mol. The molecule has 0 atom stereocenters. The molecule has 0 aromatic heterocycles. The highest BCUT2D eigenvalue weighted by Crippen LogP contribution is 2.12. The van der Waals surface area contributed by atoms with Gasteiger partial charge in [-0.05, 0) is 30.2 Å². The van der Waals surface area contributed by atoms with Crippen LogP contribution in [0.1, 0.15) is 30.6 Å². The molecule has 0 amide bonds. The zero-order valence-corrected chi connectivity index (χ0v) is 10.5. The number of carbonyl (C=O) groups excluding carboxylic acids is 1. The number of benzene rings is 1. The van der Waals surface area contributed by atoms with Gasteiger partial charge in [-0.3, -0.25) is 4.79 Å². The van der Waals surface area contributed by atoms with Crippen LogP contribution >= 0.6 is 11.8 Å². The van der Waals surface area contributed by atoms with Crippen molar-refractivity contribution in [1.29, 1.82) is 0 Å². The highest BCUT2D eigenvalue weighted by atomic mass is 32.2. The van der Waals surface area contributed by atoms with Gasteiger partial charge in [0.1, 0.15) is 5.82 Å². The molecule has 1 nitrogen and oxygen atoms in total. The lowest BCUT2D eigenvalue weighted by Gasteiger charge is -2.04. The van der Waals surface area contributed by atoms with E-state index >= 15 is 0 Å². The normalized spacial score (nSPS) is 10.8. The van der Waals surface area contributed by atoms with E-state index in [2.05, 4.69) is 13.8 Å². The van der Waals surface area contributed by atoms with Gasteiger partial charge in [-0.25, -0.2) is 4.39 Å². The van der Waals surface area contributed by atoms with E-state index in [1.807, 2.05) is 0 Å². The van der Waals surface area contributed by atoms with Crippen molar-refractivity contribution >= 4 is 17.5 Å². The number of carbonyl (C=O) groups is 1. The molecule has 0 unspecified atom stereocenters. The van der Waals surface area contributed by atoms with Gasteiger partial charge in [0.25, 0.3) is 0 Å². The lowest BCUT2D eigenvalue weighted by Crippen LogP contribution is -2.04. The molecule has 1 rings (SSSR count). The fourth-order valence-corrected chi connectivity index (χ4v) is 2.36. The minimum atomic E-state index is -0.349. The number of Topliss-reactive ketones (excluding diaryl/α,β-unsaturated/α-hetero) is 1. The molecule has 0 aliphatic rings. The number of rotatable bonds is 6. The highest BCUT2D eigenvalue weighted by Gasteiger charge is 2.06. The largest absolute Gasteiger partial charge is 0.293 e. The first-order chi connectivity index (χ1) is 7.59. The quantitative estimate of drug-likeness (QED) is 0.556. The number of hydrogen-bond acceptors (Lipinski definition) is 2. The molecular formula is C13H17FOS. The number of thioether (sulfide) groups is 1. The molecule has 0 aliphatic heterocycles. The second-order valence-electron chi connectivity index (χ2n) is 4.17. The van der Waals surface area contributed by atoms with Crippen molar-refractivity contribution in [1.82, 2.24) is 0 Å². The van der Waals surface area contributed by atoms with Gasteiger partial charge in [-0.1, -0.05) is 26.0 Å². The molecule has 0 fully saturated rings. The second-order valence-corrected chi connectivity index (χ2v) is 5.27. The second kappa shape index (κ2) is 6.69. The molecule has 16 heavy (non-hydrogen) atoms. The molecule has 88 valence electrons. The van der Waals surface area contributed by atoms with Gasteiger partial charge in [-0.2, -0.15) is 11.8 Å². The maximum Gasteiger partial charge on any atom is 0.172 e. The fourth-order valence-electron chi connectivity index (χ4n) is 1.23. The Hall–Kier alpha value is -0.830.